The van der Waals surface area contributed by atoms with Gasteiger partial charge in [0.25, 0.3) is 0 Å². The molecule has 0 bridgehead atoms. The highest BCUT2D eigenvalue weighted by Crippen LogP contribution is 2.18. The molecule has 0 heterocycles. The van der Waals surface area contributed by atoms with Crippen LogP contribution >= 0.6 is 0 Å². The molecule has 0 aliphatic rings. The van der Waals surface area contributed by atoms with Crippen LogP contribution in [-0.2, 0) is 14.3 Å². The Bertz CT molecular complexity index is 1190. The van der Waals surface area contributed by atoms with Gasteiger partial charge in [-0.05, 0) is 77.0 Å². The Kier molecular flexibility index (Phi) is 52.5. The lowest BCUT2D eigenvalue weighted by molar-refractivity contribution is -0.151. The maximum Gasteiger partial charge on any atom is 0.306 e. The zero-order valence-corrected chi connectivity index (χ0v) is 44.5. The van der Waals surface area contributed by atoms with Crippen molar-refractivity contribution >= 4 is 11.9 Å². The predicted octanol–water partition coefficient (Wildman–Crippen LogP) is 18.0. The number of ether oxygens (including phenoxy) is 1. The van der Waals surface area contributed by atoms with E-state index in [2.05, 4.69) is 86.8 Å². The lowest BCUT2D eigenvalue weighted by atomic mass is 10.0. The minimum Gasteiger partial charge on any atom is -0.462 e. The lowest BCUT2D eigenvalue weighted by Crippen LogP contribution is -2.46. The standard InChI is InChI=1S/C61H111NO5/c1-4-7-10-13-16-19-22-25-28-30-31-33-36-39-42-45-48-51-54-61(66)67-57(52-49-46-43-40-37-34-32-29-26-23-20-17-14-11-8-5-2)55-60(65)62-58(56-63)59(64)53-50-47-44-41-38-35-27-24-21-18-15-12-9-6-3/h17,20,23,26,29,31-34,37,57-59,63-64H,4-16,18-19,21-22,24-25,27-28,30,35-36,38-56H2,1-3H3,(H,62,65)/b20-17+,26-23+,32-29+,33-31+,37-34+. The topological polar surface area (TPSA) is 95.9 Å². The number of rotatable bonds is 52. The van der Waals surface area contributed by atoms with E-state index in [0.717, 1.165) is 77.0 Å². The minimum absolute atomic E-state index is 0.0482. The molecule has 3 atom stereocenters. The molecule has 3 unspecified atom stereocenters. The zero-order valence-electron chi connectivity index (χ0n) is 44.5. The third-order valence-electron chi connectivity index (χ3n) is 13.2. The number of unbranched alkanes of at least 4 members (excludes halogenated alkanes) is 33. The molecule has 6 nitrogen and oxygen atoms in total. The van der Waals surface area contributed by atoms with Crippen LogP contribution in [0.25, 0.3) is 0 Å². The van der Waals surface area contributed by atoms with Gasteiger partial charge < -0.3 is 20.3 Å². The van der Waals surface area contributed by atoms with Crippen molar-refractivity contribution < 1.29 is 24.5 Å². The van der Waals surface area contributed by atoms with Crippen molar-refractivity contribution in [3.8, 4) is 0 Å². The van der Waals surface area contributed by atoms with Crippen molar-refractivity contribution in [2.24, 2.45) is 0 Å². The van der Waals surface area contributed by atoms with E-state index in [0.29, 0.717) is 19.3 Å². The Morgan fingerprint density at radius 1 is 0.433 bits per heavy atom. The summed E-state index contributed by atoms with van der Waals surface area (Å²) in [5.41, 5.74) is 0. The van der Waals surface area contributed by atoms with Crippen LogP contribution in [0, 0.1) is 0 Å². The second-order valence-corrected chi connectivity index (χ2v) is 19.8. The van der Waals surface area contributed by atoms with Crippen LogP contribution in [0.4, 0.5) is 0 Å². The van der Waals surface area contributed by atoms with Crippen LogP contribution in [-0.4, -0.2) is 46.9 Å². The molecule has 0 aromatic heterocycles. The summed E-state index contributed by atoms with van der Waals surface area (Å²) in [5.74, 6) is -0.514. The number of carbonyl (C=O) groups is 2. The molecule has 0 radical (unpaired) electrons. The minimum atomic E-state index is -0.802. The summed E-state index contributed by atoms with van der Waals surface area (Å²) in [6.45, 7) is 6.46. The lowest BCUT2D eigenvalue weighted by Gasteiger charge is -2.24. The number of esters is 1. The first-order chi connectivity index (χ1) is 33.0. The molecule has 0 aliphatic heterocycles. The van der Waals surface area contributed by atoms with Gasteiger partial charge in [-0.3, -0.25) is 9.59 Å². The zero-order chi connectivity index (χ0) is 48.8. The highest BCUT2D eigenvalue weighted by Gasteiger charge is 2.24. The van der Waals surface area contributed by atoms with Crippen LogP contribution in [0.5, 0.6) is 0 Å². The van der Waals surface area contributed by atoms with Gasteiger partial charge in [-0.1, -0.05) is 261 Å². The molecule has 0 rings (SSSR count). The van der Waals surface area contributed by atoms with E-state index in [1.54, 1.807) is 0 Å². The molecule has 390 valence electrons. The summed E-state index contributed by atoms with van der Waals surface area (Å²) in [6, 6.07) is -0.718. The largest absolute Gasteiger partial charge is 0.462 e. The Hall–Kier alpha value is -2.44. The van der Waals surface area contributed by atoms with Crippen molar-refractivity contribution in [3.05, 3.63) is 60.8 Å². The quantitative estimate of drug-likeness (QED) is 0.0244. The monoisotopic (exact) mass is 938 g/mol. The number of hydrogen-bond donors (Lipinski definition) is 3. The van der Waals surface area contributed by atoms with Crippen molar-refractivity contribution in [1.82, 2.24) is 5.32 Å². The number of aliphatic hydroxyl groups excluding tert-OH is 2. The van der Waals surface area contributed by atoms with E-state index in [1.807, 2.05) is 0 Å². The number of aliphatic hydroxyl groups is 2. The van der Waals surface area contributed by atoms with E-state index < -0.39 is 18.2 Å². The molecule has 0 aliphatic carbocycles. The Morgan fingerprint density at radius 3 is 1.24 bits per heavy atom. The van der Waals surface area contributed by atoms with Crippen molar-refractivity contribution in [1.29, 1.82) is 0 Å². The van der Waals surface area contributed by atoms with Gasteiger partial charge in [-0.15, -0.1) is 0 Å². The summed E-state index contributed by atoms with van der Waals surface area (Å²) < 4.78 is 5.94. The van der Waals surface area contributed by atoms with E-state index in [9.17, 15) is 19.8 Å². The second-order valence-electron chi connectivity index (χ2n) is 19.8. The third kappa shape index (κ3) is 49.8. The Labute approximate surface area is 416 Å². The summed E-state index contributed by atoms with van der Waals surface area (Å²) in [6.07, 6.45) is 68.5. The Balaban J connectivity index is 4.64. The van der Waals surface area contributed by atoms with E-state index in [1.165, 1.54) is 167 Å². The first-order valence-electron chi connectivity index (χ1n) is 29.1. The summed E-state index contributed by atoms with van der Waals surface area (Å²) in [7, 11) is 0. The highest BCUT2D eigenvalue weighted by molar-refractivity contribution is 5.77. The first-order valence-corrected chi connectivity index (χ1v) is 29.1. The summed E-state index contributed by atoms with van der Waals surface area (Å²) in [5, 5.41) is 23.9. The number of amides is 1. The molecule has 1 amide bonds. The van der Waals surface area contributed by atoms with Gasteiger partial charge >= 0.3 is 5.97 Å². The fourth-order valence-electron chi connectivity index (χ4n) is 8.73. The Morgan fingerprint density at radius 2 is 0.776 bits per heavy atom. The SMILES string of the molecule is CCCCC/C=C/C=C/C=C/C=C/CCCCCC(CC(=O)NC(CO)C(O)CCCCCCCCCCCCCCCC)OC(=O)CCCCCCC/C=C/CCCCCCCCCCC. The fourth-order valence-corrected chi connectivity index (χ4v) is 8.73. The maximum atomic E-state index is 13.3. The van der Waals surface area contributed by atoms with Crippen LogP contribution in [0.15, 0.2) is 60.8 Å². The molecular weight excluding hydrogens is 827 g/mol. The van der Waals surface area contributed by atoms with E-state index in [-0.39, 0.29) is 24.9 Å². The summed E-state index contributed by atoms with van der Waals surface area (Å²) >= 11 is 0. The number of nitrogens with one attached hydrogen (secondary N) is 1. The smallest absolute Gasteiger partial charge is 0.306 e. The molecular formula is C61H111NO5. The maximum absolute atomic E-state index is 13.3. The molecule has 0 spiro atoms. The molecule has 67 heavy (non-hydrogen) atoms. The van der Waals surface area contributed by atoms with Gasteiger partial charge in [0.05, 0.1) is 25.2 Å². The normalized spacial score (nSPS) is 13.6. The van der Waals surface area contributed by atoms with Gasteiger partial charge in [-0.2, -0.15) is 0 Å². The van der Waals surface area contributed by atoms with Crippen LogP contribution in [0.2, 0.25) is 0 Å². The van der Waals surface area contributed by atoms with Gasteiger partial charge in [0.15, 0.2) is 0 Å². The molecule has 0 fully saturated rings. The molecule has 6 heteroatoms. The van der Waals surface area contributed by atoms with Crippen LogP contribution < -0.4 is 5.32 Å². The van der Waals surface area contributed by atoms with E-state index >= 15 is 0 Å². The number of hydrogen-bond acceptors (Lipinski definition) is 5. The van der Waals surface area contributed by atoms with Gasteiger partial charge in [0, 0.05) is 6.42 Å². The molecule has 0 aromatic carbocycles. The van der Waals surface area contributed by atoms with Crippen molar-refractivity contribution in [2.45, 2.75) is 309 Å². The molecule has 0 saturated heterocycles. The summed E-state index contributed by atoms with van der Waals surface area (Å²) in [4.78, 5) is 26.3. The van der Waals surface area contributed by atoms with Gasteiger partial charge in [0.1, 0.15) is 6.10 Å². The number of carbonyl (C=O) groups excluding carboxylic acids is 2. The second kappa shape index (κ2) is 54.5. The predicted molar refractivity (Wildman–Crippen MR) is 292 cm³/mol. The van der Waals surface area contributed by atoms with Crippen molar-refractivity contribution in [2.75, 3.05) is 6.61 Å². The average Bonchev–Trinajstić information content (AvgIpc) is 3.32. The van der Waals surface area contributed by atoms with Crippen molar-refractivity contribution in [3.63, 3.8) is 0 Å². The first kappa shape index (κ1) is 64.6. The van der Waals surface area contributed by atoms with Gasteiger partial charge in [0.2, 0.25) is 5.91 Å². The number of allylic oxidation sites excluding steroid dienone is 10. The van der Waals surface area contributed by atoms with Crippen LogP contribution in [0.3, 0.4) is 0 Å². The van der Waals surface area contributed by atoms with Crippen LogP contribution in [0.1, 0.15) is 290 Å². The highest BCUT2D eigenvalue weighted by atomic mass is 16.5. The average molecular weight is 939 g/mol. The van der Waals surface area contributed by atoms with Gasteiger partial charge in [-0.25, -0.2) is 0 Å². The molecule has 3 N–H and O–H groups in total. The fraction of sp³-hybridized carbons (Fsp3) is 0.803. The molecule has 0 saturated carbocycles. The third-order valence-corrected chi connectivity index (χ3v) is 13.2. The van der Waals surface area contributed by atoms with E-state index in [4.69, 9.17) is 4.74 Å². The molecule has 0 aromatic rings.